The summed E-state index contributed by atoms with van der Waals surface area (Å²) in [6.45, 7) is 4.49. The van der Waals surface area contributed by atoms with Gasteiger partial charge in [0.1, 0.15) is 5.78 Å². The van der Waals surface area contributed by atoms with E-state index in [9.17, 15) is 15.0 Å². The maximum absolute atomic E-state index is 12.1. The summed E-state index contributed by atoms with van der Waals surface area (Å²) in [5.41, 5.74) is 0. The molecule has 0 aromatic carbocycles. The SMILES string of the molecule is CCCCCCCSCC(O)CCCCCC(=O)CCCCCC(O)CSCCCCCCC. The van der Waals surface area contributed by atoms with Gasteiger partial charge in [0, 0.05) is 24.3 Å². The lowest BCUT2D eigenvalue weighted by Gasteiger charge is -2.10. The number of carbonyl (C=O) groups excluding carboxylic acids is 1. The first kappa shape index (κ1) is 34.3. The van der Waals surface area contributed by atoms with E-state index in [-0.39, 0.29) is 12.2 Å². The molecule has 0 spiro atoms. The molecule has 0 rings (SSSR count). The second-order valence-corrected chi connectivity index (χ2v) is 12.3. The van der Waals surface area contributed by atoms with Gasteiger partial charge in [-0.3, -0.25) is 4.79 Å². The highest BCUT2D eigenvalue weighted by Gasteiger charge is 2.07. The van der Waals surface area contributed by atoms with E-state index in [1.54, 1.807) is 0 Å². The Labute approximate surface area is 221 Å². The minimum Gasteiger partial charge on any atom is -0.392 e. The maximum Gasteiger partial charge on any atom is 0.132 e. The summed E-state index contributed by atoms with van der Waals surface area (Å²) in [5.74, 6) is 4.45. The number of hydrogen-bond acceptors (Lipinski definition) is 5. The van der Waals surface area contributed by atoms with Crippen LogP contribution in [0.4, 0.5) is 0 Å². The van der Waals surface area contributed by atoms with Gasteiger partial charge in [0.05, 0.1) is 12.2 Å². The van der Waals surface area contributed by atoms with Crippen LogP contribution in [-0.4, -0.2) is 51.2 Å². The van der Waals surface area contributed by atoms with Crippen molar-refractivity contribution in [2.75, 3.05) is 23.0 Å². The lowest BCUT2D eigenvalue weighted by atomic mass is 10.0. The highest BCUT2D eigenvalue weighted by atomic mass is 32.2. The maximum atomic E-state index is 12.1. The van der Waals surface area contributed by atoms with Crippen LogP contribution in [0.2, 0.25) is 0 Å². The molecular formula is C29H58O3S2. The molecule has 0 radical (unpaired) electrons. The van der Waals surface area contributed by atoms with E-state index in [0.717, 1.165) is 62.9 Å². The number of hydrogen-bond donors (Lipinski definition) is 2. The molecule has 0 heterocycles. The van der Waals surface area contributed by atoms with E-state index in [4.69, 9.17) is 0 Å². The Balaban J connectivity index is 3.37. The average Bonchev–Trinajstić information content (AvgIpc) is 2.82. The van der Waals surface area contributed by atoms with Crippen molar-refractivity contribution in [2.24, 2.45) is 0 Å². The molecule has 0 aromatic heterocycles. The number of thioether (sulfide) groups is 2. The average molecular weight is 519 g/mol. The van der Waals surface area contributed by atoms with Crippen molar-refractivity contribution < 1.29 is 15.0 Å². The Morgan fingerprint density at radius 3 is 1.35 bits per heavy atom. The van der Waals surface area contributed by atoms with Crippen molar-refractivity contribution in [3.63, 3.8) is 0 Å². The van der Waals surface area contributed by atoms with Gasteiger partial charge in [0.25, 0.3) is 0 Å². The lowest BCUT2D eigenvalue weighted by molar-refractivity contribution is -0.119. The molecule has 0 aliphatic heterocycles. The smallest absolute Gasteiger partial charge is 0.132 e. The molecule has 204 valence electrons. The Hall–Kier alpha value is 0.290. The molecule has 2 atom stereocenters. The first-order chi connectivity index (χ1) is 16.6. The lowest BCUT2D eigenvalue weighted by Crippen LogP contribution is -2.10. The first-order valence-electron chi connectivity index (χ1n) is 14.6. The van der Waals surface area contributed by atoms with Gasteiger partial charge in [-0.25, -0.2) is 0 Å². The van der Waals surface area contributed by atoms with Crippen molar-refractivity contribution >= 4 is 29.3 Å². The molecule has 3 nitrogen and oxygen atoms in total. The predicted molar refractivity (Wildman–Crippen MR) is 155 cm³/mol. The van der Waals surface area contributed by atoms with Crippen LogP contribution >= 0.6 is 23.5 Å². The third-order valence-corrected chi connectivity index (χ3v) is 8.79. The van der Waals surface area contributed by atoms with Gasteiger partial charge in [-0.2, -0.15) is 23.5 Å². The molecule has 34 heavy (non-hydrogen) atoms. The molecule has 0 fully saturated rings. The molecule has 0 amide bonds. The molecule has 2 N–H and O–H groups in total. The zero-order valence-electron chi connectivity index (χ0n) is 22.7. The van der Waals surface area contributed by atoms with Crippen LogP contribution in [0, 0.1) is 0 Å². The Morgan fingerprint density at radius 2 is 0.941 bits per heavy atom. The Morgan fingerprint density at radius 1 is 0.559 bits per heavy atom. The molecule has 0 aliphatic carbocycles. The number of aliphatic hydroxyl groups excluding tert-OH is 2. The number of ketones is 1. The fourth-order valence-corrected chi connectivity index (χ4v) is 6.13. The monoisotopic (exact) mass is 518 g/mol. The predicted octanol–water partition coefficient (Wildman–Crippen LogP) is 8.59. The summed E-state index contributed by atoms with van der Waals surface area (Å²) in [7, 11) is 0. The molecule has 5 heteroatoms. The summed E-state index contributed by atoms with van der Waals surface area (Å²) < 4.78 is 0. The first-order valence-corrected chi connectivity index (χ1v) is 16.9. The van der Waals surface area contributed by atoms with Gasteiger partial charge >= 0.3 is 0 Å². The van der Waals surface area contributed by atoms with Gasteiger partial charge in [0.15, 0.2) is 0 Å². The molecular weight excluding hydrogens is 460 g/mol. The summed E-state index contributed by atoms with van der Waals surface area (Å²) in [5, 5.41) is 20.2. The van der Waals surface area contributed by atoms with Gasteiger partial charge < -0.3 is 10.2 Å². The number of aliphatic hydroxyl groups is 2. The summed E-state index contributed by atoms with van der Waals surface area (Å²) >= 11 is 3.78. The molecule has 0 saturated carbocycles. The number of rotatable bonds is 28. The van der Waals surface area contributed by atoms with Crippen LogP contribution < -0.4 is 0 Å². The van der Waals surface area contributed by atoms with E-state index in [1.165, 1.54) is 75.7 Å². The normalized spacial score (nSPS) is 13.3. The summed E-state index contributed by atoms with van der Waals surface area (Å²) in [6.07, 6.45) is 22.0. The zero-order valence-corrected chi connectivity index (χ0v) is 24.4. The minimum absolute atomic E-state index is 0.184. The summed E-state index contributed by atoms with van der Waals surface area (Å²) in [4.78, 5) is 12.1. The van der Waals surface area contributed by atoms with Crippen LogP contribution in [-0.2, 0) is 4.79 Å². The van der Waals surface area contributed by atoms with E-state index in [2.05, 4.69) is 13.8 Å². The van der Waals surface area contributed by atoms with Crippen molar-refractivity contribution in [1.29, 1.82) is 0 Å². The number of Topliss-reactive ketones (excluding diaryl/α,β-unsaturated/α-hetero) is 1. The van der Waals surface area contributed by atoms with E-state index < -0.39 is 0 Å². The molecule has 2 unspecified atom stereocenters. The van der Waals surface area contributed by atoms with Crippen LogP contribution in [0.25, 0.3) is 0 Å². The quantitative estimate of drug-likeness (QED) is 0.102. The van der Waals surface area contributed by atoms with Crippen molar-refractivity contribution in [2.45, 2.75) is 154 Å². The van der Waals surface area contributed by atoms with Crippen LogP contribution in [0.5, 0.6) is 0 Å². The third-order valence-electron chi connectivity index (χ3n) is 6.39. The van der Waals surface area contributed by atoms with Crippen molar-refractivity contribution in [3.05, 3.63) is 0 Å². The second kappa shape index (κ2) is 27.9. The molecule has 0 aromatic rings. The van der Waals surface area contributed by atoms with Gasteiger partial charge in [-0.1, -0.05) is 90.9 Å². The van der Waals surface area contributed by atoms with E-state index in [0.29, 0.717) is 18.6 Å². The van der Waals surface area contributed by atoms with Gasteiger partial charge in [-0.05, 0) is 50.0 Å². The van der Waals surface area contributed by atoms with E-state index >= 15 is 0 Å². The molecule has 0 bridgehead atoms. The van der Waals surface area contributed by atoms with Gasteiger partial charge in [-0.15, -0.1) is 0 Å². The fourth-order valence-electron chi connectivity index (χ4n) is 4.10. The van der Waals surface area contributed by atoms with Crippen LogP contribution in [0.3, 0.4) is 0 Å². The van der Waals surface area contributed by atoms with Gasteiger partial charge in [0.2, 0.25) is 0 Å². The second-order valence-electron chi connectivity index (χ2n) is 10.0. The summed E-state index contributed by atoms with van der Waals surface area (Å²) in [6, 6.07) is 0. The Kier molecular flexibility index (Phi) is 28.1. The number of unbranched alkanes of at least 4 members (excludes halogenated alkanes) is 12. The third kappa shape index (κ3) is 26.9. The van der Waals surface area contributed by atoms with E-state index in [1.807, 2.05) is 23.5 Å². The standard InChI is InChI=1S/C29H58O3S2/c1-3-5-7-9-17-23-33-25-28(31)21-15-11-13-19-27(30)20-14-12-16-22-29(32)26-34-24-18-10-8-6-4-2/h28-29,31-32H,3-26H2,1-2H3. The van der Waals surface area contributed by atoms with Crippen molar-refractivity contribution in [3.8, 4) is 0 Å². The largest absolute Gasteiger partial charge is 0.392 e. The zero-order chi connectivity index (χ0) is 25.1. The molecule has 0 aliphatic rings. The highest BCUT2D eigenvalue weighted by Crippen LogP contribution is 2.16. The highest BCUT2D eigenvalue weighted by molar-refractivity contribution is 7.99. The Bertz CT molecular complexity index is 384. The fraction of sp³-hybridized carbons (Fsp3) is 0.966. The minimum atomic E-state index is -0.184. The van der Waals surface area contributed by atoms with Crippen molar-refractivity contribution in [1.82, 2.24) is 0 Å². The van der Waals surface area contributed by atoms with Crippen LogP contribution in [0.1, 0.15) is 142 Å². The topological polar surface area (TPSA) is 57.5 Å². The number of carbonyl (C=O) groups is 1. The van der Waals surface area contributed by atoms with Crippen LogP contribution in [0.15, 0.2) is 0 Å². The molecule has 0 saturated heterocycles.